The van der Waals surface area contributed by atoms with Gasteiger partial charge in [0.15, 0.2) is 0 Å². The van der Waals surface area contributed by atoms with Crippen molar-refractivity contribution in [3.8, 4) is 5.75 Å². The summed E-state index contributed by atoms with van der Waals surface area (Å²) in [6, 6.07) is 27.9. The van der Waals surface area contributed by atoms with Crippen LogP contribution in [0.3, 0.4) is 0 Å². The van der Waals surface area contributed by atoms with E-state index in [1.54, 1.807) is 42.4 Å². The van der Waals surface area contributed by atoms with Crippen LogP contribution >= 0.6 is 0 Å². The van der Waals surface area contributed by atoms with Crippen LogP contribution in [-0.2, 0) is 38.6 Å². The molecule has 0 unspecified atom stereocenters. The number of hydrogen-bond acceptors (Lipinski definition) is 12. The number of hydrogen-bond donors (Lipinski definition) is 4. The highest BCUT2D eigenvalue weighted by Gasteiger charge is 2.41. The SMILES string of the molecule is CN(CCNC[C@H](O)c1ccc(O)c2[nH]c(=O)ccc12)C(=O)CCOCCc1cccc(CN2CCC3(CC2)CN(c2ncccc2C(=O)OCc2ccccc2)CCO3)c1. The molecule has 5 aromatic rings. The zero-order valence-corrected chi connectivity index (χ0v) is 34.8. The average molecular weight is 833 g/mol. The number of anilines is 1. The second kappa shape index (κ2) is 20.8. The van der Waals surface area contributed by atoms with Crippen LogP contribution in [0.15, 0.2) is 102 Å². The normalized spacial score (nSPS) is 15.8. The van der Waals surface area contributed by atoms with E-state index in [-0.39, 0.29) is 53.9 Å². The van der Waals surface area contributed by atoms with Crippen molar-refractivity contribution in [2.75, 3.05) is 77.6 Å². The molecule has 14 nitrogen and oxygen atoms in total. The van der Waals surface area contributed by atoms with Crippen molar-refractivity contribution >= 4 is 28.6 Å². The molecule has 3 aromatic carbocycles. The van der Waals surface area contributed by atoms with Crippen molar-refractivity contribution < 1.29 is 34.0 Å². The molecule has 0 saturated carbocycles. The van der Waals surface area contributed by atoms with Gasteiger partial charge in [-0.1, -0.05) is 60.7 Å². The summed E-state index contributed by atoms with van der Waals surface area (Å²) in [5, 5.41) is 24.6. The van der Waals surface area contributed by atoms with Gasteiger partial charge in [0.2, 0.25) is 11.5 Å². The van der Waals surface area contributed by atoms with Crippen molar-refractivity contribution in [2.45, 2.75) is 50.5 Å². The van der Waals surface area contributed by atoms with Gasteiger partial charge in [-0.05, 0) is 65.8 Å². The maximum absolute atomic E-state index is 13.2. The molecule has 4 heterocycles. The fourth-order valence-electron chi connectivity index (χ4n) is 8.11. The number of aromatic nitrogens is 2. The smallest absolute Gasteiger partial charge is 0.342 e. The maximum atomic E-state index is 13.2. The van der Waals surface area contributed by atoms with Gasteiger partial charge in [0.25, 0.3) is 0 Å². The van der Waals surface area contributed by atoms with Gasteiger partial charge in [0.1, 0.15) is 23.7 Å². The fraction of sp³-hybridized carbons (Fsp3) is 0.404. The van der Waals surface area contributed by atoms with E-state index < -0.39 is 6.10 Å². The molecule has 1 atom stereocenters. The number of nitrogens with zero attached hydrogens (tertiary/aromatic N) is 4. The van der Waals surface area contributed by atoms with E-state index in [9.17, 15) is 24.6 Å². The van der Waals surface area contributed by atoms with Crippen LogP contribution in [0, 0.1) is 0 Å². The lowest BCUT2D eigenvalue weighted by atomic mass is 9.89. The molecule has 0 radical (unpaired) electrons. The van der Waals surface area contributed by atoms with E-state index >= 15 is 0 Å². The Morgan fingerprint density at radius 1 is 0.967 bits per heavy atom. The molecule has 14 heteroatoms. The summed E-state index contributed by atoms with van der Waals surface area (Å²) in [4.78, 5) is 51.1. The van der Waals surface area contributed by atoms with Crippen LogP contribution in [-0.4, -0.2) is 120 Å². The molecule has 2 saturated heterocycles. The molecule has 2 aromatic heterocycles. The first-order valence-corrected chi connectivity index (χ1v) is 21.1. The molecule has 1 amide bonds. The molecule has 7 rings (SSSR count). The number of esters is 1. The number of aromatic hydroxyl groups is 1. The Morgan fingerprint density at radius 2 is 1.77 bits per heavy atom. The number of fused-ring (bicyclic) bond motifs is 1. The zero-order chi connectivity index (χ0) is 42.6. The van der Waals surface area contributed by atoms with Crippen LogP contribution in [0.25, 0.3) is 10.9 Å². The summed E-state index contributed by atoms with van der Waals surface area (Å²) in [6.45, 7) is 6.79. The lowest BCUT2D eigenvalue weighted by molar-refractivity contribution is -0.131. The Balaban J connectivity index is 0.789. The minimum Gasteiger partial charge on any atom is -0.506 e. The molecule has 61 heavy (non-hydrogen) atoms. The highest BCUT2D eigenvalue weighted by Crippen LogP contribution is 2.34. The van der Waals surface area contributed by atoms with Crippen molar-refractivity contribution in [1.82, 2.24) is 25.1 Å². The summed E-state index contributed by atoms with van der Waals surface area (Å²) in [7, 11) is 1.75. The number of nitrogens with one attached hydrogen (secondary N) is 2. The predicted octanol–water partition coefficient (Wildman–Crippen LogP) is 4.59. The monoisotopic (exact) mass is 832 g/mol. The summed E-state index contributed by atoms with van der Waals surface area (Å²) in [6.07, 6.45) is 3.65. The van der Waals surface area contributed by atoms with Crippen molar-refractivity contribution in [3.05, 3.63) is 135 Å². The second-order valence-corrected chi connectivity index (χ2v) is 15.9. The number of phenolic OH excluding ortho intramolecular Hbond substituents is 1. The third-order valence-corrected chi connectivity index (χ3v) is 11.6. The number of pyridine rings is 2. The van der Waals surface area contributed by atoms with E-state index in [2.05, 4.69) is 49.4 Å². The summed E-state index contributed by atoms with van der Waals surface area (Å²) in [5.41, 5.74) is 4.09. The van der Waals surface area contributed by atoms with E-state index in [4.69, 9.17) is 14.2 Å². The first-order valence-electron chi connectivity index (χ1n) is 21.1. The van der Waals surface area contributed by atoms with Crippen LogP contribution in [0.4, 0.5) is 5.82 Å². The molecule has 322 valence electrons. The number of rotatable bonds is 18. The van der Waals surface area contributed by atoms with Crippen LogP contribution in [0.1, 0.15) is 58.0 Å². The highest BCUT2D eigenvalue weighted by molar-refractivity contribution is 5.94. The Morgan fingerprint density at radius 3 is 2.61 bits per heavy atom. The number of likely N-dealkylation sites (tertiary alicyclic amines) is 1. The Kier molecular flexibility index (Phi) is 14.8. The Labute approximate surface area is 356 Å². The van der Waals surface area contributed by atoms with E-state index in [0.29, 0.717) is 68.3 Å². The number of aromatic amines is 1. The third kappa shape index (κ3) is 11.6. The number of ether oxygens (including phenoxy) is 3. The zero-order valence-electron chi connectivity index (χ0n) is 34.8. The highest BCUT2D eigenvalue weighted by atomic mass is 16.5. The first kappa shape index (κ1) is 43.4. The number of carbonyl (C=O) groups excluding carboxylic acids is 2. The van der Waals surface area contributed by atoms with Crippen molar-refractivity contribution in [3.63, 3.8) is 0 Å². The molecule has 2 aliphatic rings. The van der Waals surface area contributed by atoms with Gasteiger partial charge in [-0.2, -0.15) is 0 Å². The standard InChI is InChI=1S/C47H56N6O8/c1-51(24-21-48-30-41(55)37-12-14-40(54)44-38(37)13-15-42(56)50-44)43(57)17-27-59-26-16-34-9-5-10-36(29-34)31-52-22-18-47(19-23-52)33-53(25-28-61-47)45-39(11-6-20-49-45)46(58)60-32-35-7-3-2-4-8-35/h2-15,20,29,41,48,54-55H,16-19,21-28,30-33H2,1H3,(H,50,56)/t41-/m0/s1. The van der Waals surface area contributed by atoms with E-state index in [1.807, 2.05) is 30.3 Å². The van der Waals surface area contributed by atoms with Crippen molar-refractivity contribution in [2.24, 2.45) is 0 Å². The number of likely N-dealkylation sites (N-methyl/N-ethyl adjacent to an activating group) is 1. The topological polar surface area (TPSA) is 170 Å². The summed E-state index contributed by atoms with van der Waals surface area (Å²) in [5.74, 6) is 0.188. The van der Waals surface area contributed by atoms with Crippen molar-refractivity contribution in [1.29, 1.82) is 0 Å². The van der Waals surface area contributed by atoms with Crippen LogP contribution in [0.5, 0.6) is 5.75 Å². The Hall–Kier alpha value is -5.64. The average Bonchev–Trinajstić information content (AvgIpc) is 3.28. The van der Waals surface area contributed by atoms with Crippen LogP contribution in [0.2, 0.25) is 0 Å². The van der Waals surface area contributed by atoms with Gasteiger partial charge >= 0.3 is 5.97 Å². The van der Waals surface area contributed by atoms with E-state index in [0.717, 1.165) is 44.5 Å². The maximum Gasteiger partial charge on any atom is 0.342 e. The number of piperidine rings is 1. The number of aliphatic hydroxyl groups is 1. The molecular formula is C47H56N6O8. The summed E-state index contributed by atoms with van der Waals surface area (Å²) >= 11 is 0. The number of benzene rings is 3. The molecule has 1 spiro atoms. The number of carbonyl (C=O) groups is 2. The van der Waals surface area contributed by atoms with E-state index in [1.165, 1.54) is 23.3 Å². The van der Waals surface area contributed by atoms with Gasteiger partial charge in [-0.15, -0.1) is 0 Å². The predicted molar refractivity (Wildman–Crippen MR) is 232 cm³/mol. The number of phenols is 1. The van der Waals surface area contributed by atoms with Gasteiger partial charge in [0, 0.05) is 77.1 Å². The molecular weight excluding hydrogens is 777 g/mol. The lowest BCUT2D eigenvalue weighted by Gasteiger charge is -2.47. The van der Waals surface area contributed by atoms with Gasteiger partial charge < -0.3 is 44.5 Å². The van der Waals surface area contributed by atoms with Gasteiger partial charge in [0.05, 0.1) is 43.5 Å². The molecule has 2 aliphatic heterocycles. The van der Waals surface area contributed by atoms with Crippen LogP contribution < -0.4 is 15.8 Å². The second-order valence-electron chi connectivity index (χ2n) is 15.9. The largest absolute Gasteiger partial charge is 0.506 e. The molecule has 4 N–H and O–H groups in total. The number of morpholine rings is 1. The minimum atomic E-state index is -0.869. The molecule has 0 bridgehead atoms. The number of H-pyrrole nitrogens is 1. The molecule has 0 aliphatic carbocycles. The van der Waals surface area contributed by atoms with Gasteiger partial charge in [-0.3, -0.25) is 14.5 Å². The quantitative estimate of drug-likeness (QED) is 0.0717. The third-order valence-electron chi connectivity index (χ3n) is 11.6. The lowest BCUT2D eigenvalue weighted by Crippen LogP contribution is -2.57. The van der Waals surface area contributed by atoms with Gasteiger partial charge in [-0.25, -0.2) is 9.78 Å². The fourth-order valence-corrected chi connectivity index (χ4v) is 8.11. The summed E-state index contributed by atoms with van der Waals surface area (Å²) < 4.78 is 18.0. The Bertz CT molecular complexity index is 2300. The minimum absolute atomic E-state index is 0.0202. The first-order chi connectivity index (χ1) is 29.7. The molecule has 2 fully saturated rings. The number of aliphatic hydroxyl groups excluding tert-OH is 1. The number of amides is 1.